The van der Waals surface area contributed by atoms with E-state index in [1.54, 1.807) is 0 Å². The van der Waals surface area contributed by atoms with Crippen LogP contribution in [0.5, 0.6) is 0 Å². The van der Waals surface area contributed by atoms with Gasteiger partial charge in [0.25, 0.3) is 0 Å². The highest BCUT2D eigenvalue weighted by Crippen LogP contribution is 1.75. The Morgan fingerprint density at radius 3 is 2.33 bits per heavy atom. The average molecular weight is 93.1 g/mol. The van der Waals surface area contributed by atoms with Gasteiger partial charge in [0.05, 0.1) is 6.10 Å². The molecular formula is C3H8FNO. The third-order valence-corrected chi connectivity index (χ3v) is 0.450. The van der Waals surface area contributed by atoms with Gasteiger partial charge in [-0.1, -0.05) is 0 Å². The van der Waals surface area contributed by atoms with Crippen LogP contribution in [-0.2, 0) is 0 Å². The van der Waals surface area contributed by atoms with Crippen molar-refractivity contribution in [1.82, 2.24) is 0 Å². The Balaban J connectivity index is 2.75. The van der Waals surface area contributed by atoms with Gasteiger partial charge in [-0.15, -0.1) is 0 Å². The number of aliphatic hydroxyl groups excluding tert-OH is 1. The number of nitrogens with two attached hydrogens (primary N) is 1. The summed E-state index contributed by atoms with van der Waals surface area (Å²) in [5.74, 6) is 0. The maximum atomic E-state index is 11.1. The summed E-state index contributed by atoms with van der Waals surface area (Å²) in [4.78, 5) is 0. The standard InChI is InChI=1S/C3H8FNO/c4-1-3(6)2-5/h3,6H,1-2,5H2/t3-/m1/s1. The van der Waals surface area contributed by atoms with E-state index in [-0.39, 0.29) is 6.54 Å². The molecule has 0 radical (unpaired) electrons. The smallest absolute Gasteiger partial charge is 0.117 e. The van der Waals surface area contributed by atoms with E-state index in [4.69, 9.17) is 10.8 Å². The highest BCUT2D eigenvalue weighted by molar-refractivity contribution is 4.48. The Hall–Kier alpha value is -0.150. The van der Waals surface area contributed by atoms with Gasteiger partial charge < -0.3 is 10.8 Å². The first-order chi connectivity index (χ1) is 2.81. The Bertz CT molecular complexity index is 30.0. The van der Waals surface area contributed by atoms with E-state index in [0.29, 0.717) is 0 Å². The summed E-state index contributed by atoms with van der Waals surface area (Å²) in [7, 11) is 0. The minimum absolute atomic E-state index is 0.0104. The molecule has 0 fully saturated rings. The van der Waals surface area contributed by atoms with Crippen LogP contribution in [0.15, 0.2) is 0 Å². The minimum Gasteiger partial charge on any atom is -0.389 e. The molecular weight excluding hydrogens is 85.0 g/mol. The molecule has 6 heavy (non-hydrogen) atoms. The number of aliphatic hydroxyl groups is 1. The molecule has 2 nitrogen and oxygen atoms in total. The molecule has 0 amide bonds. The molecule has 0 saturated carbocycles. The van der Waals surface area contributed by atoms with Gasteiger partial charge >= 0.3 is 0 Å². The van der Waals surface area contributed by atoms with E-state index in [1.165, 1.54) is 0 Å². The second-order valence-corrected chi connectivity index (χ2v) is 1.04. The summed E-state index contributed by atoms with van der Waals surface area (Å²) in [5, 5.41) is 8.17. The first-order valence-electron chi connectivity index (χ1n) is 1.75. The van der Waals surface area contributed by atoms with Gasteiger partial charge in [-0.25, -0.2) is 4.39 Å². The summed E-state index contributed by atoms with van der Waals surface area (Å²) in [5.41, 5.74) is 4.79. The number of halogens is 1. The fraction of sp³-hybridized carbons (Fsp3) is 1.00. The molecule has 3 N–H and O–H groups in total. The predicted octanol–water partition coefficient (Wildman–Crippen LogP) is -0.725. The maximum Gasteiger partial charge on any atom is 0.117 e. The molecule has 0 heterocycles. The molecule has 0 rings (SSSR count). The lowest BCUT2D eigenvalue weighted by molar-refractivity contribution is 0.147. The van der Waals surface area contributed by atoms with E-state index in [2.05, 4.69) is 0 Å². The second-order valence-electron chi connectivity index (χ2n) is 1.04. The molecule has 0 unspecified atom stereocenters. The Morgan fingerprint density at radius 1 is 1.83 bits per heavy atom. The van der Waals surface area contributed by atoms with Crippen LogP contribution in [0.3, 0.4) is 0 Å². The lowest BCUT2D eigenvalue weighted by Crippen LogP contribution is -2.20. The fourth-order valence-electron chi connectivity index (χ4n) is 0.0630. The highest BCUT2D eigenvalue weighted by atomic mass is 19.1. The van der Waals surface area contributed by atoms with Crippen molar-refractivity contribution in [1.29, 1.82) is 0 Å². The quantitative estimate of drug-likeness (QED) is 0.473. The van der Waals surface area contributed by atoms with Crippen molar-refractivity contribution in [2.75, 3.05) is 13.2 Å². The van der Waals surface area contributed by atoms with E-state index < -0.39 is 12.8 Å². The average Bonchev–Trinajstić information content (AvgIpc) is 1.65. The lowest BCUT2D eigenvalue weighted by Gasteiger charge is -1.95. The lowest BCUT2D eigenvalue weighted by atomic mass is 10.4. The Labute approximate surface area is 35.8 Å². The van der Waals surface area contributed by atoms with Crippen LogP contribution in [0.25, 0.3) is 0 Å². The monoisotopic (exact) mass is 93.1 g/mol. The maximum absolute atomic E-state index is 11.1. The van der Waals surface area contributed by atoms with Crippen molar-refractivity contribution in [3.63, 3.8) is 0 Å². The Kier molecular flexibility index (Phi) is 2.98. The molecule has 0 aliphatic heterocycles. The van der Waals surface area contributed by atoms with Gasteiger partial charge in [-0.2, -0.15) is 0 Å². The minimum atomic E-state index is -0.954. The van der Waals surface area contributed by atoms with E-state index in [1.807, 2.05) is 0 Å². The summed E-state index contributed by atoms with van der Waals surface area (Å²) >= 11 is 0. The normalized spacial score (nSPS) is 14.5. The van der Waals surface area contributed by atoms with Gasteiger partial charge in [0.1, 0.15) is 6.67 Å². The molecule has 0 aromatic carbocycles. The van der Waals surface area contributed by atoms with Crippen molar-refractivity contribution >= 4 is 0 Å². The van der Waals surface area contributed by atoms with Crippen molar-refractivity contribution in [3.05, 3.63) is 0 Å². The number of alkyl halides is 1. The van der Waals surface area contributed by atoms with Crippen LogP contribution in [-0.4, -0.2) is 24.4 Å². The van der Waals surface area contributed by atoms with Crippen LogP contribution < -0.4 is 5.73 Å². The first kappa shape index (κ1) is 5.85. The van der Waals surface area contributed by atoms with Crippen molar-refractivity contribution < 1.29 is 9.50 Å². The second kappa shape index (κ2) is 3.06. The van der Waals surface area contributed by atoms with E-state index >= 15 is 0 Å². The predicted molar refractivity (Wildman–Crippen MR) is 21.0 cm³/mol. The Morgan fingerprint density at radius 2 is 2.33 bits per heavy atom. The summed E-state index contributed by atoms with van der Waals surface area (Å²) < 4.78 is 11.1. The third-order valence-electron chi connectivity index (χ3n) is 0.450. The van der Waals surface area contributed by atoms with E-state index in [9.17, 15) is 4.39 Å². The molecule has 0 aliphatic rings. The topological polar surface area (TPSA) is 46.2 Å². The van der Waals surface area contributed by atoms with Gasteiger partial charge in [-0.3, -0.25) is 0 Å². The zero-order valence-electron chi connectivity index (χ0n) is 3.39. The summed E-state index contributed by atoms with van der Waals surface area (Å²) in [6, 6.07) is 0. The molecule has 0 spiro atoms. The molecule has 3 heteroatoms. The number of rotatable bonds is 2. The molecule has 1 atom stereocenters. The zero-order valence-corrected chi connectivity index (χ0v) is 3.39. The van der Waals surface area contributed by atoms with Crippen LogP contribution in [0.4, 0.5) is 4.39 Å². The van der Waals surface area contributed by atoms with Crippen molar-refractivity contribution in [2.45, 2.75) is 6.10 Å². The number of hydrogen-bond donors (Lipinski definition) is 2. The summed E-state index contributed by atoms with van der Waals surface area (Å²) in [6.45, 7) is -0.729. The SMILES string of the molecule is NC[C@H](O)CF. The molecule has 0 bridgehead atoms. The molecule has 0 aromatic heterocycles. The van der Waals surface area contributed by atoms with Gasteiger partial charge in [0.2, 0.25) is 0 Å². The molecule has 0 aromatic rings. The third kappa shape index (κ3) is 2.11. The first-order valence-corrected chi connectivity index (χ1v) is 1.75. The van der Waals surface area contributed by atoms with Crippen LogP contribution in [0, 0.1) is 0 Å². The van der Waals surface area contributed by atoms with Crippen LogP contribution in [0.1, 0.15) is 0 Å². The largest absolute Gasteiger partial charge is 0.389 e. The van der Waals surface area contributed by atoms with Gasteiger partial charge in [0, 0.05) is 6.54 Å². The molecule has 0 saturated heterocycles. The van der Waals surface area contributed by atoms with Crippen LogP contribution >= 0.6 is 0 Å². The highest BCUT2D eigenvalue weighted by Gasteiger charge is 1.94. The molecule has 0 aliphatic carbocycles. The molecule has 38 valence electrons. The van der Waals surface area contributed by atoms with Crippen molar-refractivity contribution in [2.24, 2.45) is 5.73 Å². The fourth-order valence-corrected chi connectivity index (χ4v) is 0.0630. The van der Waals surface area contributed by atoms with Gasteiger partial charge in [-0.05, 0) is 0 Å². The van der Waals surface area contributed by atoms with Crippen LogP contribution in [0.2, 0.25) is 0 Å². The number of hydrogen-bond acceptors (Lipinski definition) is 2. The van der Waals surface area contributed by atoms with Gasteiger partial charge in [0.15, 0.2) is 0 Å². The summed E-state index contributed by atoms with van der Waals surface area (Å²) in [6.07, 6.45) is -0.954. The van der Waals surface area contributed by atoms with Crippen molar-refractivity contribution in [3.8, 4) is 0 Å². The zero-order chi connectivity index (χ0) is 4.99. The van der Waals surface area contributed by atoms with E-state index in [0.717, 1.165) is 0 Å².